The second-order valence-electron chi connectivity index (χ2n) is 6.09. The third-order valence-electron chi connectivity index (χ3n) is 4.82. The number of amides is 1. The number of nitrogens with two attached hydrogens (primary N) is 1. The van der Waals surface area contributed by atoms with Gasteiger partial charge >= 0.3 is 0 Å². The summed E-state index contributed by atoms with van der Waals surface area (Å²) < 4.78 is 0. The smallest absolute Gasteiger partial charge is 0.251 e. The van der Waals surface area contributed by atoms with Crippen molar-refractivity contribution in [3.63, 3.8) is 0 Å². The topological polar surface area (TPSA) is 55.1 Å². The number of rotatable bonds is 4. The zero-order valence-electron chi connectivity index (χ0n) is 11.5. The van der Waals surface area contributed by atoms with E-state index in [1.165, 1.54) is 25.7 Å². The van der Waals surface area contributed by atoms with Crippen molar-refractivity contribution in [2.75, 3.05) is 6.54 Å². The lowest BCUT2D eigenvalue weighted by Gasteiger charge is -2.21. The molecule has 0 aromatic heterocycles. The molecule has 1 amide bonds. The van der Waals surface area contributed by atoms with E-state index in [0.29, 0.717) is 16.5 Å². The van der Waals surface area contributed by atoms with Gasteiger partial charge in [-0.25, -0.2) is 0 Å². The van der Waals surface area contributed by atoms with Crippen LogP contribution in [0.4, 0.5) is 0 Å². The Kier molecular flexibility index (Phi) is 3.74. The molecule has 106 valence electrons. The van der Waals surface area contributed by atoms with Gasteiger partial charge in [0.25, 0.3) is 5.91 Å². The second-order valence-corrected chi connectivity index (χ2v) is 6.53. The minimum atomic E-state index is -0.0223. The molecule has 0 aliphatic heterocycles. The van der Waals surface area contributed by atoms with Gasteiger partial charge in [0.1, 0.15) is 4.99 Å². The molecule has 2 fully saturated rings. The Morgan fingerprint density at radius 3 is 2.75 bits per heavy atom. The summed E-state index contributed by atoms with van der Waals surface area (Å²) in [6.45, 7) is 0.803. The van der Waals surface area contributed by atoms with E-state index in [9.17, 15) is 4.79 Å². The van der Waals surface area contributed by atoms with E-state index in [0.717, 1.165) is 23.9 Å². The molecule has 4 heteroatoms. The zero-order chi connectivity index (χ0) is 14.1. The van der Waals surface area contributed by atoms with E-state index in [1.807, 2.05) is 12.1 Å². The highest BCUT2D eigenvalue weighted by Gasteiger charge is 2.39. The van der Waals surface area contributed by atoms with Crippen molar-refractivity contribution in [1.82, 2.24) is 5.32 Å². The summed E-state index contributed by atoms with van der Waals surface area (Å²) in [6.07, 6.45) is 5.41. The molecule has 1 aromatic carbocycles. The van der Waals surface area contributed by atoms with E-state index < -0.39 is 0 Å². The molecular weight excluding hydrogens is 268 g/mol. The SMILES string of the molecule is NC(=S)c1cccc(C(=O)NCC2CC3CCC2C3)c1. The fourth-order valence-corrected chi connectivity index (χ4v) is 3.89. The minimum absolute atomic E-state index is 0.0223. The molecule has 2 aliphatic rings. The highest BCUT2D eigenvalue weighted by Crippen LogP contribution is 2.47. The Balaban J connectivity index is 1.59. The third kappa shape index (κ3) is 2.70. The van der Waals surface area contributed by atoms with E-state index in [4.69, 9.17) is 18.0 Å². The first-order valence-electron chi connectivity index (χ1n) is 7.31. The maximum absolute atomic E-state index is 12.2. The highest BCUT2D eigenvalue weighted by atomic mass is 32.1. The van der Waals surface area contributed by atoms with Crippen molar-refractivity contribution in [3.8, 4) is 0 Å². The Morgan fingerprint density at radius 1 is 1.30 bits per heavy atom. The van der Waals surface area contributed by atoms with Crippen LogP contribution in [0.15, 0.2) is 24.3 Å². The van der Waals surface area contributed by atoms with Crippen LogP contribution in [0.2, 0.25) is 0 Å². The number of carbonyl (C=O) groups excluding carboxylic acids is 1. The van der Waals surface area contributed by atoms with Crippen LogP contribution in [0, 0.1) is 17.8 Å². The summed E-state index contributed by atoms with van der Waals surface area (Å²) in [5.74, 6) is 2.41. The normalized spacial score (nSPS) is 27.5. The van der Waals surface area contributed by atoms with Gasteiger partial charge in [-0.15, -0.1) is 0 Å². The molecule has 3 nitrogen and oxygen atoms in total. The minimum Gasteiger partial charge on any atom is -0.389 e. The first kappa shape index (κ1) is 13.6. The molecule has 1 aromatic rings. The van der Waals surface area contributed by atoms with E-state index in [1.54, 1.807) is 12.1 Å². The second kappa shape index (κ2) is 5.52. The molecule has 3 rings (SSSR count). The van der Waals surface area contributed by atoms with E-state index in [2.05, 4.69) is 5.32 Å². The molecule has 3 unspecified atom stereocenters. The Labute approximate surface area is 124 Å². The fraction of sp³-hybridized carbons (Fsp3) is 0.500. The van der Waals surface area contributed by atoms with Crippen LogP contribution in [0.1, 0.15) is 41.6 Å². The molecule has 0 radical (unpaired) electrons. The van der Waals surface area contributed by atoms with Gasteiger partial charge < -0.3 is 11.1 Å². The molecule has 0 saturated heterocycles. The Hall–Kier alpha value is -1.42. The van der Waals surface area contributed by atoms with Gasteiger partial charge in [-0.2, -0.15) is 0 Å². The van der Waals surface area contributed by atoms with E-state index >= 15 is 0 Å². The molecule has 3 N–H and O–H groups in total. The van der Waals surface area contributed by atoms with Crippen molar-refractivity contribution in [2.24, 2.45) is 23.5 Å². The van der Waals surface area contributed by atoms with Crippen molar-refractivity contribution in [2.45, 2.75) is 25.7 Å². The lowest BCUT2D eigenvalue weighted by atomic mass is 9.89. The van der Waals surface area contributed by atoms with Gasteiger partial charge in [-0.1, -0.05) is 30.8 Å². The quantitative estimate of drug-likeness (QED) is 0.837. The lowest BCUT2D eigenvalue weighted by molar-refractivity contribution is 0.0941. The molecule has 2 saturated carbocycles. The summed E-state index contributed by atoms with van der Waals surface area (Å²) in [4.78, 5) is 12.5. The molecular formula is C16H20N2OS. The number of fused-ring (bicyclic) bond motifs is 2. The maximum atomic E-state index is 12.2. The largest absolute Gasteiger partial charge is 0.389 e. The molecule has 2 aliphatic carbocycles. The maximum Gasteiger partial charge on any atom is 0.251 e. The number of benzene rings is 1. The van der Waals surface area contributed by atoms with Crippen molar-refractivity contribution in [1.29, 1.82) is 0 Å². The van der Waals surface area contributed by atoms with Crippen LogP contribution < -0.4 is 11.1 Å². The van der Waals surface area contributed by atoms with Crippen molar-refractivity contribution in [3.05, 3.63) is 35.4 Å². The molecule has 2 bridgehead atoms. The molecule has 0 spiro atoms. The summed E-state index contributed by atoms with van der Waals surface area (Å²) in [7, 11) is 0. The zero-order valence-corrected chi connectivity index (χ0v) is 12.3. The summed E-state index contributed by atoms with van der Waals surface area (Å²) in [5, 5.41) is 3.07. The van der Waals surface area contributed by atoms with Gasteiger partial charge in [0.2, 0.25) is 0 Å². The van der Waals surface area contributed by atoms with Crippen LogP contribution in [-0.4, -0.2) is 17.4 Å². The van der Waals surface area contributed by atoms with E-state index in [-0.39, 0.29) is 5.91 Å². The third-order valence-corrected chi connectivity index (χ3v) is 5.05. The monoisotopic (exact) mass is 288 g/mol. The molecule has 20 heavy (non-hydrogen) atoms. The van der Waals surface area contributed by atoms with Gasteiger partial charge in [0, 0.05) is 17.7 Å². The Bertz CT molecular complexity index is 543. The van der Waals surface area contributed by atoms with Gasteiger partial charge in [-0.3, -0.25) is 4.79 Å². The number of hydrogen-bond acceptors (Lipinski definition) is 2. The van der Waals surface area contributed by atoms with Gasteiger partial charge in [-0.05, 0) is 49.1 Å². The number of nitrogens with one attached hydrogen (secondary N) is 1. The first-order valence-corrected chi connectivity index (χ1v) is 7.72. The number of thiocarbonyl (C=S) groups is 1. The summed E-state index contributed by atoms with van der Waals surface area (Å²) in [6, 6.07) is 7.21. The van der Waals surface area contributed by atoms with Gasteiger partial charge in [0.05, 0.1) is 0 Å². The predicted molar refractivity (Wildman–Crippen MR) is 83.6 cm³/mol. The summed E-state index contributed by atoms with van der Waals surface area (Å²) in [5.41, 5.74) is 6.98. The number of carbonyl (C=O) groups is 1. The van der Waals surface area contributed by atoms with Crippen LogP contribution >= 0.6 is 12.2 Å². The average molecular weight is 288 g/mol. The fourth-order valence-electron chi connectivity index (χ4n) is 3.77. The summed E-state index contributed by atoms with van der Waals surface area (Å²) >= 11 is 4.94. The van der Waals surface area contributed by atoms with Crippen LogP contribution in [-0.2, 0) is 0 Å². The molecule has 0 heterocycles. The Morgan fingerprint density at radius 2 is 2.10 bits per heavy atom. The van der Waals surface area contributed by atoms with Crippen LogP contribution in [0.5, 0.6) is 0 Å². The van der Waals surface area contributed by atoms with Crippen molar-refractivity contribution < 1.29 is 4.79 Å². The number of hydrogen-bond donors (Lipinski definition) is 2. The van der Waals surface area contributed by atoms with Gasteiger partial charge in [0.15, 0.2) is 0 Å². The first-order chi connectivity index (χ1) is 9.63. The predicted octanol–water partition coefficient (Wildman–Crippen LogP) is 2.49. The molecule has 3 atom stereocenters. The highest BCUT2D eigenvalue weighted by molar-refractivity contribution is 7.80. The van der Waals surface area contributed by atoms with Crippen LogP contribution in [0.3, 0.4) is 0 Å². The van der Waals surface area contributed by atoms with Crippen LogP contribution in [0.25, 0.3) is 0 Å². The standard InChI is InChI=1S/C16H20N2OS/c17-15(20)12-2-1-3-13(8-12)16(19)18-9-14-7-10-4-5-11(14)6-10/h1-3,8,10-11,14H,4-7,9H2,(H2,17,20)(H,18,19). The lowest BCUT2D eigenvalue weighted by Crippen LogP contribution is -2.31. The van der Waals surface area contributed by atoms with Crippen molar-refractivity contribution >= 4 is 23.1 Å². The average Bonchev–Trinajstić information content (AvgIpc) is 3.07.